The molecule has 1 aliphatic heterocycles. The predicted molar refractivity (Wildman–Crippen MR) is 79.2 cm³/mol. The molecule has 0 fully saturated rings. The summed E-state index contributed by atoms with van der Waals surface area (Å²) in [5, 5.41) is 0. The summed E-state index contributed by atoms with van der Waals surface area (Å²) >= 11 is 3.74. The molecule has 0 N–H and O–H groups in total. The van der Waals surface area contributed by atoms with E-state index >= 15 is 0 Å². The molecule has 0 amide bonds. The minimum absolute atomic E-state index is 0.0222. The number of alkyl halides is 1. The molecule has 2 aromatic rings. The molecule has 98 valence electrons. The van der Waals surface area contributed by atoms with Crippen LogP contribution in [-0.4, -0.2) is 11.9 Å². The lowest BCUT2D eigenvalue weighted by molar-refractivity contribution is 0.181. The van der Waals surface area contributed by atoms with E-state index in [9.17, 15) is 0 Å². The second-order valence-electron chi connectivity index (χ2n) is 4.61. The highest BCUT2D eigenvalue weighted by atomic mass is 79.9. The zero-order chi connectivity index (χ0) is 13.2. The van der Waals surface area contributed by atoms with Crippen LogP contribution in [0.1, 0.15) is 17.2 Å². The largest absolute Gasteiger partial charge is 0.496 e. The Kier molecular flexibility index (Phi) is 3.47. The van der Waals surface area contributed by atoms with Gasteiger partial charge in [0.2, 0.25) is 0 Å². The van der Waals surface area contributed by atoms with Gasteiger partial charge in [-0.05, 0) is 24.1 Å². The number of ether oxygens (including phenoxy) is 2. The van der Waals surface area contributed by atoms with Gasteiger partial charge in [0, 0.05) is 5.56 Å². The standard InChI is InChI=1S/C16H15BrO2/c1-18-15-9-5-3-7-12(15)16-13(17)10-11-6-2-4-8-14(11)19-16/h2-9,13,16H,10H2,1H3/t13-,16-/m1/s1. The summed E-state index contributed by atoms with van der Waals surface area (Å²) in [6.07, 6.45) is 0.935. The smallest absolute Gasteiger partial charge is 0.140 e. The first-order valence-electron chi connectivity index (χ1n) is 6.31. The average Bonchev–Trinajstić information content (AvgIpc) is 2.46. The Labute approximate surface area is 121 Å². The Morgan fingerprint density at radius 3 is 2.68 bits per heavy atom. The van der Waals surface area contributed by atoms with E-state index in [4.69, 9.17) is 9.47 Å². The summed E-state index contributed by atoms with van der Waals surface area (Å²) < 4.78 is 11.6. The third-order valence-electron chi connectivity index (χ3n) is 3.42. The van der Waals surface area contributed by atoms with E-state index in [1.165, 1.54) is 5.56 Å². The van der Waals surface area contributed by atoms with Crippen molar-refractivity contribution in [1.29, 1.82) is 0 Å². The molecule has 0 saturated heterocycles. The number of hydrogen-bond donors (Lipinski definition) is 0. The summed E-state index contributed by atoms with van der Waals surface area (Å²) in [5.41, 5.74) is 2.33. The monoisotopic (exact) mass is 318 g/mol. The Morgan fingerprint density at radius 2 is 1.84 bits per heavy atom. The van der Waals surface area contributed by atoms with Crippen LogP contribution in [-0.2, 0) is 6.42 Å². The molecular formula is C16H15BrO2. The van der Waals surface area contributed by atoms with E-state index in [0.717, 1.165) is 23.5 Å². The fourth-order valence-electron chi connectivity index (χ4n) is 2.47. The quantitative estimate of drug-likeness (QED) is 0.775. The van der Waals surface area contributed by atoms with E-state index < -0.39 is 0 Å². The maximum atomic E-state index is 6.15. The lowest BCUT2D eigenvalue weighted by Gasteiger charge is -2.31. The van der Waals surface area contributed by atoms with Crippen LogP contribution in [0.15, 0.2) is 48.5 Å². The molecule has 0 bridgehead atoms. The highest BCUT2D eigenvalue weighted by Gasteiger charge is 2.31. The van der Waals surface area contributed by atoms with Crippen molar-refractivity contribution in [2.24, 2.45) is 0 Å². The molecule has 3 rings (SSSR count). The van der Waals surface area contributed by atoms with Crippen LogP contribution in [0.25, 0.3) is 0 Å². The number of hydrogen-bond acceptors (Lipinski definition) is 2. The number of rotatable bonds is 2. The van der Waals surface area contributed by atoms with Gasteiger partial charge in [-0.3, -0.25) is 0 Å². The predicted octanol–water partition coefficient (Wildman–Crippen LogP) is 4.13. The average molecular weight is 319 g/mol. The number of para-hydroxylation sites is 2. The summed E-state index contributed by atoms with van der Waals surface area (Å²) in [4.78, 5) is 0.249. The summed E-state index contributed by atoms with van der Waals surface area (Å²) in [7, 11) is 1.69. The first kappa shape index (κ1) is 12.5. The van der Waals surface area contributed by atoms with Crippen molar-refractivity contribution in [3.63, 3.8) is 0 Å². The van der Waals surface area contributed by atoms with Gasteiger partial charge in [0.15, 0.2) is 0 Å². The van der Waals surface area contributed by atoms with Gasteiger partial charge < -0.3 is 9.47 Å². The molecule has 0 aromatic heterocycles. The molecule has 2 atom stereocenters. The van der Waals surface area contributed by atoms with Crippen LogP contribution < -0.4 is 9.47 Å². The van der Waals surface area contributed by atoms with Gasteiger partial charge in [0.1, 0.15) is 17.6 Å². The van der Waals surface area contributed by atoms with Crippen LogP contribution >= 0.6 is 15.9 Å². The van der Waals surface area contributed by atoms with Crippen LogP contribution in [0.4, 0.5) is 0 Å². The SMILES string of the molecule is COc1ccccc1[C@H]1Oc2ccccc2C[C@H]1Br. The lowest BCUT2D eigenvalue weighted by Crippen LogP contribution is -2.26. The number of halogens is 1. The van der Waals surface area contributed by atoms with Gasteiger partial charge >= 0.3 is 0 Å². The van der Waals surface area contributed by atoms with Gasteiger partial charge in [-0.2, -0.15) is 0 Å². The van der Waals surface area contributed by atoms with Crippen molar-refractivity contribution in [1.82, 2.24) is 0 Å². The highest BCUT2D eigenvalue weighted by Crippen LogP contribution is 2.40. The molecule has 0 aliphatic carbocycles. The number of benzene rings is 2. The van der Waals surface area contributed by atoms with Gasteiger partial charge in [0.25, 0.3) is 0 Å². The molecule has 0 spiro atoms. The molecule has 2 aromatic carbocycles. The van der Waals surface area contributed by atoms with Crippen LogP contribution in [0.2, 0.25) is 0 Å². The molecule has 0 saturated carbocycles. The first-order valence-corrected chi connectivity index (χ1v) is 7.22. The summed E-state index contributed by atoms with van der Waals surface area (Å²) in [6.45, 7) is 0. The summed E-state index contributed by atoms with van der Waals surface area (Å²) in [6, 6.07) is 16.2. The Hall–Kier alpha value is -1.48. The maximum Gasteiger partial charge on any atom is 0.140 e. The van der Waals surface area contributed by atoms with Crippen LogP contribution in [0.3, 0.4) is 0 Å². The second kappa shape index (κ2) is 5.25. The molecule has 0 unspecified atom stereocenters. The fraction of sp³-hybridized carbons (Fsp3) is 0.250. The van der Waals surface area contributed by atoms with Crippen molar-refractivity contribution in [3.8, 4) is 11.5 Å². The van der Waals surface area contributed by atoms with E-state index in [0.29, 0.717) is 0 Å². The maximum absolute atomic E-state index is 6.15. The van der Waals surface area contributed by atoms with E-state index in [-0.39, 0.29) is 10.9 Å². The topological polar surface area (TPSA) is 18.5 Å². The summed E-state index contributed by atoms with van der Waals surface area (Å²) in [5.74, 6) is 1.84. The Morgan fingerprint density at radius 1 is 1.11 bits per heavy atom. The van der Waals surface area contributed by atoms with E-state index in [1.54, 1.807) is 7.11 Å². The fourth-order valence-corrected chi connectivity index (χ4v) is 3.22. The Balaban J connectivity index is 1.98. The molecule has 1 heterocycles. The first-order chi connectivity index (χ1) is 9.29. The van der Waals surface area contributed by atoms with Crippen molar-refractivity contribution in [2.75, 3.05) is 7.11 Å². The zero-order valence-electron chi connectivity index (χ0n) is 10.7. The molecule has 3 heteroatoms. The van der Waals surface area contributed by atoms with Gasteiger partial charge in [-0.1, -0.05) is 52.3 Å². The van der Waals surface area contributed by atoms with Crippen LogP contribution in [0.5, 0.6) is 11.5 Å². The van der Waals surface area contributed by atoms with Gasteiger partial charge in [-0.25, -0.2) is 0 Å². The van der Waals surface area contributed by atoms with E-state index in [2.05, 4.69) is 28.1 Å². The zero-order valence-corrected chi connectivity index (χ0v) is 12.3. The number of methoxy groups -OCH3 is 1. The lowest BCUT2D eigenvalue weighted by atomic mass is 9.97. The minimum atomic E-state index is -0.0222. The molecule has 19 heavy (non-hydrogen) atoms. The molecule has 1 aliphatic rings. The number of fused-ring (bicyclic) bond motifs is 1. The van der Waals surface area contributed by atoms with E-state index in [1.807, 2.05) is 36.4 Å². The normalized spacial score (nSPS) is 21.4. The van der Waals surface area contributed by atoms with Crippen molar-refractivity contribution < 1.29 is 9.47 Å². The van der Waals surface area contributed by atoms with Gasteiger partial charge in [0.05, 0.1) is 11.9 Å². The molecule has 2 nitrogen and oxygen atoms in total. The van der Waals surface area contributed by atoms with Crippen molar-refractivity contribution >= 4 is 15.9 Å². The minimum Gasteiger partial charge on any atom is -0.496 e. The van der Waals surface area contributed by atoms with Crippen LogP contribution in [0, 0.1) is 0 Å². The highest BCUT2D eigenvalue weighted by molar-refractivity contribution is 9.09. The third kappa shape index (κ3) is 2.35. The van der Waals surface area contributed by atoms with Crippen molar-refractivity contribution in [2.45, 2.75) is 17.4 Å². The third-order valence-corrected chi connectivity index (χ3v) is 4.22. The molecule has 0 radical (unpaired) electrons. The Bertz CT molecular complexity index is 582. The molecular weight excluding hydrogens is 304 g/mol. The van der Waals surface area contributed by atoms with Crippen molar-refractivity contribution in [3.05, 3.63) is 59.7 Å². The van der Waals surface area contributed by atoms with Gasteiger partial charge in [-0.15, -0.1) is 0 Å². The second-order valence-corrected chi connectivity index (χ2v) is 5.78.